The molecule has 0 saturated carbocycles. The standard InChI is InChI=1S/C25H31FN4O2/c1-2-5-23(25(31)27-12-13-29-14-16-32-17-15-29)30-22-7-4-3-6-21(22)28-24(30)18-19-8-10-20(26)11-9-19/h3-4,6-11,23H,2,5,12-18H2,1H3,(H,27,31). The number of carbonyl (C=O) groups is 1. The van der Waals surface area contributed by atoms with Crippen LogP contribution in [0.4, 0.5) is 4.39 Å². The topological polar surface area (TPSA) is 59.4 Å². The maximum atomic E-state index is 13.4. The summed E-state index contributed by atoms with van der Waals surface area (Å²) in [7, 11) is 0. The second-order valence-electron chi connectivity index (χ2n) is 8.24. The van der Waals surface area contributed by atoms with Crippen LogP contribution in [0.3, 0.4) is 0 Å². The van der Waals surface area contributed by atoms with Crippen LogP contribution in [0.15, 0.2) is 48.5 Å². The Balaban J connectivity index is 1.57. The average Bonchev–Trinajstić information content (AvgIpc) is 3.17. The van der Waals surface area contributed by atoms with Gasteiger partial charge in [0, 0.05) is 32.6 Å². The number of hydrogen-bond donors (Lipinski definition) is 1. The Kier molecular flexibility index (Phi) is 7.50. The van der Waals surface area contributed by atoms with Crippen molar-refractivity contribution in [2.24, 2.45) is 0 Å². The molecule has 1 amide bonds. The molecule has 6 nitrogen and oxygen atoms in total. The first-order valence-corrected chi connectivity index (χ1v) is 11.4. The molecule has 2 heterocycles. The van der Waals surface area contributed by atoms with E-state index in [1.165, 1.54) is 12.1 Å². The van der Waals surface area contributed by atoms with Gasteiger partial charge in [-0.1, -0.05) is 37.6 Å². The van der Waals surface area contributed by atoms with Crippen LogP contribution in [0.2, 0.25) is 0 Å². The molecule has 1 unspecified atom stereocenters. The smallest absolute Gasteiger partial charge is 0.243 e. The van der Waals surface area contributed by atoms with E-state index in [2.05, 4.69) is 21.7 Å². The highest BCUT2D eigenvalue weighted by Gasteiger charge is 2.25. The molecule has 1 fully saturated rings. The summed E-state index contributed by atoms with van der Waals surface area (Å²) in [5.74, 6) is 0.578. The Labute approximate surface area is 188 Å². The van der Waals surface area contributed by atoms with E-state index in [1.54, 1.807) is 12.1 Å². The van der Waals surface area contributed by atoms with E-state index in [0.717, 1.165) is 68.1 Å². The van der Waals surface area contributed by atoms with Gasteiger partial charge in [-0.3, -0.25) is 9.69 Å². The van der Waals surface area contributed by atoms with Gasteiger partial charge < -0.3 is 14.6 Å². The Morgan fingerprint density at radius 3 is 2.66 bits per heavy atom. The minimum atomic E-state index is -0.340. The van der Waals surface area contributed by atoms with Gasteiger partial charge >= 0.3 is 0 Å². The summed E-state index contributed by atoms with van der Waals surface area (Å²) in [5, 5.41) is 3.15. The van der Waals surface area contributed by atoms with Gasteiger partial charge in [0.05, 0.1) is 24.2 Å². The van der Waals surface area contributed by atoms with Crippen molar-refractivity contribution in [3.63, 3.8) is 0 Å². The van der Waals surface area contributed by atoms with Crippen LogP contribution in [0.5, 0.6) is 0 Å². The summed E-state index contributed by atoms with van der Waals surface area (Å²) in [5.41, 5.74) is 2.78. The van der Waals surface area contributed by atoms with Crippen molar-refractivity contribution in [3.05, 3.63) is 65.7 Å². The van der Waals surface area contributed by atoms with Crippen LogP contribution in [0.1, 0.15) is 37.2 Å². The molecule has 1 N–H and O–H groups in total. The van der Waals surface area contributed by atoms with Crippen molar-refractivity contribution in [1.29, 1.82) is 0 Å². The number of nitrogens with one attached hydrogen (secondary N) is 1. The van der Waals surface area contributed by atoms with E-state index in [0.29, 0.717) is 13.0 Å². The third-order valence-electron chi connectivity index (χ3n) is 5.95. The molecular weight excluding hydrogens is 407 g/mol. The SMILES string of the molecule is CCCC(C(=O)NCCN1CCOCC1)n1c(Cc2ccc(F)cc2)nc2ccccc21. The van der Waals surface area contributed by atoms with E-state index in [9.17, 15) is 9.18 Å². The van der Waals surface area contributed by atoms with Crippen molar-refractivity contribution in [3.8, 4) is 0 Å². The Hall–Kier alpha value is -2.77. The van der Waals surface area contributed by atoms with Crippen molar-refractivity contribution in [2.45, 2.75) is 32.2 Å². The highest BCUT2D eigenvalue weighted by Crippen LogP contribution is 2.26. The number of morpholine rings is 1. The molecule has 0 aliphatic carbocycles. The minimum Gasteiger partial charge on any atom is -0.379 e. The van der Waals surface area contributed by atoms with E-state index < -0.39 is 0 Å². The molecule has 0 spiro atoms. The molecule has 1 aliphatic rings. The number of halogens is 1. The summed E-state index contributed by atoms with van der Waals surface area (Å²) in [6, 6.07) is 14.0. The van der Waals surface area contributed by atoms with E-state index in [-0.39, 0.29) is 17.8 Å². The third kappa shape index (κ3) is 5.34. The molecule has 32 heavy (non-hydrogen) atoms. The van der Waals surface area contributed by atoms with Gasteiger partial charge in [0.2, 0.25) is 5.91 Å². The van der Waals surface area contributed by atoms with Crippen molar-refractivity contribution in [2.75, 3.05) is 39.4 Å². The first-order valence-electron chi connectivity index (χ1n) is 11.4. The van der Waals surface area contributed by atoms with Crippen molar-refractivity contribution in [1.82, 2.24) is 19.8 Å². The Bertz CT molecular complexity index is 1030. The fourth-order valence-corrected chi connectivity index (χ4v) is 4.28. The predicted octanol–water partition coefficient (Wildman–Crippen LogP) is 3.56. The van der Waals surface area contributed by atoms with Gasteiger partial charge in [0.25, 0.3) is 0 Å². The monoisotopic (exact) mass is 438 g/mol. The molecular formula is C25H31FN4O2. The number of carbonyl (C=O) groups excluding carboxylic acids is 1. The number of imidazole rings is 1. The molecule has 1 aliphatic heterocycles. The molecule has 2 aromatic carbocycles. The number of fused-ring (bicyclic) bond motifs is 1. The second-order valence-corrected chi connectivity index (χ2v) is 8.24. The lowest BCUT2D eigenvalue weighted by Gasteiger charge is -2.27. The van der Waals surface area contributed by atoms with Crippen LogP contribution in [0, 0.1) is 5.82 Å². The van der Waals surface area contributed by atoms with Crippen LogP contribution in [-0.4, -0.2) is 59.8 Å². The second kappa shape index (κ2) is 10.7. The molecule has 1 saturated heterocycles. The Morgan fingerprint density at radius 1 is 1.16 bits per heavy atom. The van der Waals surface area contributed by atoms with E-state index >= 15 is 0 Å². The maximum Gasteiger partial charge on any atom is 0.243 e. The predicted molar refractivity (Wildman–Crippen MR) is 123 cm³/mol. The summed E-state index contributed by atoms with van der Waals surface area (Å²) in [4.78, 5) is 20.5. The molecule has 0 bridgehead atoms. The molecule has 1 aromatic heterocycles. The zero-order valence-electron chi connectivity index (χ0n) is 18.6. The zero-order valence-corrected chi connectivity index (χ0v) is 18.6. The first-order chi connectivity index (χ1) is 15.7. The van der Waals surface area contributed by atoms with Crippen molar-refractivity contribution >= 4 is 16.9 Å². The van der Waals surface area contributed by atoms with Crippen molar-refractivity contribution < 1.29 is 13.9 Å². The molecule has 7 heteroatoms. The molecule has 3 aromatic rings. The summed E-state index contributed by atoms with van der Waals surface area (Å²) in [6.45, 7) is 6.83. The van der Waals surface area contributed by atoms with Gasteiger partial charge in [0.15, 0.2) is 0 Å². The number of benzene rings is 2. The lowest BCUT2D eigenvalue weighted by molar-refractivity contribution is -0.124. The van der Waals surface area contributed by atoms with E-state index in [4.69, 9.17) is 9.72 Å². The van der Waals surface area contributed by atoms with Crippen LogP contribution in [-0.2, 0) is 16.0 Å². The van der Waals surface area contributed by atoms with Gasteiger partial charge in [-0.15, -0.1) is 0 Å². The van der Waals surface area contributed by atoms with Crippen LogP contribution < -0.4 is 5.32 Å². The lowest BCUT2D eigenvalue weighted by atomic mass is 10.1. The fourth-order valence-electron chi connectivity index (χ4n) is 4.28. The highest BCUT2D eigenvalue weighted by atomic mass is 19.1. The number of ether oxygens (including phenoxy) is 1. The summed E-state index contributed by atoms with van der Waals surface area (Å²) < 4.78 is 20.8. The molecule has 0 radical (unpaired) electrons. The molecule has 1 atom stereocenters. The number of aromatic nitrogens is 2. The average molecular weight is 439 g/mol. The number of para-hydroxylation sites is 2. The largest absolute Gasteiger partial charge is 0.379 e. The molecule has 170 valence electrons. The number of hydrogen-bond acceptors (Lipinski definition) is 4. The summed E-state index contributed by atoms with van der Waals surface area (Å²) >= 11 is 0. The normalized spacial score (nSPS) is 15.7. The third-order valence-corrected chi connectivity index (χ3v) is 5.95. The quantitative estimate of drug-likeness (QED) is 0.555. The van der Waals surface area contributed by atoms with E-state index in [1.807, 2.05) is 24.3 Å². The van der Waals surface area contributed by atoms with Gasteiger partial charge in [-0.05, 0) is 36.2 Å². The van der Waals surface area contributed by atoms with Gasteiger partial charge in [0.1, 0.15) is 17.7 Å². The Morgan fingerprint density at radius 2 is 1.91 bits per heavy atom. The minimum absolute atomic E-state index is 0.0172. The van der Waals surface area contributed by atoms with Crippen LogP contribution >= 0.6 is 0 Å². The zero-order chi connectivity index (χ0) is 22.3. The number of amides is 1. The summed E-state index contributed by atoms with van der Waals surface area (Å²) in [6.07, 6.45) is 2.14. The highest BCUT2D eigenvalue weighted by molar-refractivity contribution is 5.84. The fraction of sp³-hybridized carbons (Fsp3) is 0.440. The molecule has 4 rings (SSSR count). The maximum absolute atomic E-state index is 13.4. The van der Waals surface area contributed by atoms with Gasteiger partial charge in [-0.2, -0.15) is 0 Å². The number of rotatable bonds is 9. The van der Waals surface area contributed by atoms with Crippen LogP contribution in [0.25, 0.3) is 11.0 Å². The number of nitrogens with zero attached hydrogens (tertiary/aromatic N) is 3. The first kappa shape index (κ1) is 22.4. The lowest BCUT2D eigenvalue weighted by Crippen LogP contribution is -2.42. The van der Waals surface area contributed by atoms with Gasteiger partial charge in [-0.25, -0.2) is 9.37 Å².